The van der Waals surface area contributed by atoms with E-state index in [0.29, 0.717) is 5.11 Å². The number of rotatable bonds is 4. The lowest BCUT2D eigenvalue weighted by molar-refractivity contribution is 0.438. The molecule has 0 saturated carbocycles. The number of aryl methyl sites for hydroxylation is 2. The summed E-state index contributed by atoms with van der Waals surface area (Å²) in [5, 5.41) is 7.39. The molecule has 1 saturated heterocycles. The first-order valence-corrected chi connectivity index (χ1v) is 10.3. The summed E-state index contributed by atoms with van der Waals surface area (Å²) in [4.78, 5) is 2.49. The number of piperidine rings is 1. The molecular formula is C23H31N3S. The molecule has 2 N–H and O–H groups in total. The molecule has 0 unspecified atom stereocenters. The predicted octanol–water partition coefficient (Wildman–Crippen LogP) is 5.59. The summed E-state index contributed by atoms with van der Waals surface area (Å²) < 4.78 is 0. The van der Waals surface area contributed by atoms with Gasteiger partial charge in [0.1, 0.15) is 0 Å². The number of benzene rings is 2. The van der Waals surface area contributed by atoms with Crippen molar-refractivity contribution in [1.82, 2.24) is 5.32 Å². The average Bonchev–Trinajstić information content (AvgIpc) is 2.65. The highest BCUT2D eigenvalue weighted by Gasteiger charge is 2.16. The van der Waals surface area contributed by atoms with Crippen molar-refractivity contribution in [2.45, 2.75) is 46.6 Å². The summed E-state index contributed by atoms with van der Waals surface area (Å²) in [5.41, 5.74) is 6.05. The Morgan fingerprint density at radius 1 is 1.07 bits per heavy atom. The molecule has 0 radical (unpaired) electrons. The van der Waals surface area contributed by atoms with Gasteiger partial charge in [0.05, 0.1) is 6.04 Å². The van der Waals surface area contributed by atoms with Crippen molar-refractivity contribution >= 4 is 28.7 Å². The maximum Gasteiger partial charge on any atom is 0.171 e. The molecule has 0 aromatic heterocycles. The van der Waals surface area contributed by atoms with Crippen LogP contribution in [0.15, 0.2) is 42.5 Å². The highest BCUT2D eigenvalue weighted by molar-refractivity contribution is 7.80. The van der Waals surface area contributed by atoms with Crippen molar-refractivity contribution < 1.29 is 0 Å². The van der Waals surface area contributed by atoms with E-state index in [-0.39, 0.29) is 6.04 Å². The molecule has 0 amide bonds. The van der Waals surface area contributed by atoms with Gasteiger partial charge in [-0.3, -0.25) is 0 Å². The van der Waals surface area contributed by atoms with Crippen LogP contribution < -0.4 is 15.5 Å². The number of thiocarbonyl (C=S) groups is 1. The standard InChI is InChI=1S/C23H31N3S/c1-16-11-13-26(14-12-16)21-9-7-20(8-10-21)19(4)24-23(27)25-22-15-17(2)5-6-18(22)3/h5-10,15-16,19H,11-14H2,1-4H3,(H2,24,25,27)/t19-/m0/s1. The monoisotopic (exact) mass is 381 g/mol. The van der Waals surface area contributed by atoms with Crippen LogP contribution in [0, 0.1) is 19.8 Å². The summed E-state index contributed by atoms with van der Waals surface area (Å²) >= 11 is 5.52. The van der Waals surface area contributed by atoms with Gasteiger partial charge >= 0.3 is 0 Å². The lowest BCUT2D eigenvalue weighted by atomic mass is 9.98. The van der Waals surface area contributed by atoms with Crippen molar-refractivity contribution in [3.8, 4) is 0 Å². The summed E-state index contributed by atoms with van der Waals surface area (Å²) in [5.74, 6) is 0.857. The second kappa shape index (κ2) is 8.75. The van der Waals surface area contributed by atoms with Crippen molar-refractivity contribution in [3.63, 3.8) is 0 Å². The Morgan fingerprint density at radius 2 is 1.74 bits per heavy atom. The maximum atomic E-state index is 5.52. The van der Waals surface area contributed by atoms with Crippen LogP contribution >= 0.6 is 12.2 Å². The Labute approximate surface area is 169 Å². The minimum absolute atomic E-state index is 0.158. The Balaban J connectivity index is 1.58. The molecule has 3 nitrogen and oxygen atoms in total. The fraction of sp³-hybridized carbons (Fsp3) is 0.435. The molecule has 2 aromatic rings. The van der Waals surface area contributed by atoms with E-state index >= 15 is 0 Å². The van der Waals surface area contributed by atoms with E-state index in [0.717, 1.165) is 24.7 Å². The Kier molecular flexibility index (Phi) is 6.38. The molecular weight excluding hydrogens is 350 g/mol. The first kappa shape index (κ1) is 19.7. The molecule has 0 spiro atoms. The van der Waals surface area contributed by atoms with E-state index < -0.39 is 0 Å². The summed E-state index contributed by atoms with van der Waals surface area (Å²) in [6, 6.07) is 15.4. The van der Waals surface area contributed by atoms with Gasteiger partial charge in [-0.2, -0.15) is 0 Å². The SMILES string of the molecule is Cc1ccc(C)c(NC(=S)N[C@@H](C)c2ccc(N3CCC(C)CC3)cc2)c1. The Morgan fingerprint density at radius 3 is 2.41 bits per heavy atom. The molecule has 1 fully saturated rings. The van der Waals surface area contributed by atoms with Crippen LogP contribution in [-0.2, 0) is 0 Å². The summed E-state index contributed by atoms with van der Waals surface area (Å²) in [6.45, 7) is 11.0. The lowest BCUT2D eigenvalue weighted by Gasteiger charge is -2.32. The molecule has 144 valence electrons. The van der Waals surface area contributed by atoms with Gasteiger partial charge in [0, 0.05) is 24.5 Å². The Bertz CT molecular complexity index is 777. The zero-order valence-electron chi connectivity index (χ0n) is 16.9. The lowest BCUT2D eigenvalue weighted by Crippen LogP contribution is -2.33. The fourth-order valence-corrected chi connectivity index (χ4v) is 3.84. The largest absolute Gasteiger partial charge is 0.372 e. The van der Waals surface area contributed by atoms with Gasteiger partial charge in [-0.25, -0.2) is 0 Å². The second-order valence-corrected chi connectivity index (χ2v) is 8.31. The van der Waals surface area contributed by atoms with Crippen LogP contribution in [-0.4, -0.2) is 18.2 Å². The van der Waals surface area contributed by atoms with E-state index in [1.165, 1.54) is 35.2 Å². The van der Waals surface area contributed by atoms with Crippen LogP contribution in [0.5, 0.6) is 0 Å². The number of anilines is 2. The van der Waals surface area contributed by atoms with Crippen molar-refractivity contribution in [2.24, 2.45) is 5.92 Å². The minimum atomic E-state index is 0.158. The smallest absolute Gasteiger partial charge is 0.171 e. The van der Waals surface area contributed by atoms with Crippen molar-refractivity contribution in [2.75, 3.05) is 23.3 Å². The maximum absolute atomic E-state index is 5.52. The number of hydrogen-bond donors (Lipinski definition) is 2. The average molecular weight is 382 g/mol. The van der Waals surface area contributed by atoms with Gasteiger partial charge in [0.25, 0.3) is 0 Å². The van der Waals surface area contributed by atoms with Crippen molar-refractivity contribution in [1.29, 1.82) is 0 Å². The normalized spacial score (nSPS) is 16.1. The topological polar surface area (TPSA) is 27.3 Å². The number of hydrogen-bond acceptors (Lipinski definition) is 2. The quantitative estimate of drug-likeness (QED) is 0.675. The Hall–Kier alpha value is -2.07. The van der Waals surface area contributed by atoms with Gasteiger partial charge in [-0.15, -0.1) is 0 Å². The molecule has 1 atom stereocenters. The van der Waals surface area contributed by atoms with Gasteiger partial charge in [-0.1, -0.05) is 31.2 Å². The molecule has 1 aliphatic heterocycles. The van der Waals surface area contributed by atoms with Gasteiger partial charge in [0.2, 0.25) is 0 Å². The molecule has 4 heteroatoms. The third kappa shape index (κ3) is 5.23. The molecule has 2 aromatic carbocycles. The van der Waals surface area contributed by atoms with Gasteiger partial charge < -0.3 is 15.5 Å². The molecule has 0 aliphatic carbocycles. The molecule has 1 aliphatic rings. The van der Waals surface area contributed by atoms with Crippen LogP contribution in [0.2, 0.25) is 0 Å². The van der Waals surface area contributed by atoms with Crippen LogP contribution in [0.1, 0.15) is 49.4 Å². The summed E-state index contributed by atoms with van der Waals surface area (Å²) in [7, 11) is 0. The van der Waals surface area contributed by atoms with Crippen LogP contribution in [0.25, 0.3) is 0 Å². The van der Waals surface area contributed by atoms with Crippen LogP contribution in [0.4, 0.5) is 11.4 Å². The van der Waals surface area contributed by atoms with E-state index in [1.54, 1.807) is 0 Å². The highest BCUT2D eigenvalue weighted by atomic mass is 32.1. The van der Waals surface area contributed by atoms with Gasteiger partial charge in [0.15, 0.2) is 5.11 Å². The van der Waals surface area contributed by atoms with Crippen molar-refractivity contribution in [3.05, 3.63) is 59.2 Å². The fourth-order valence-electron chi connectivity index (χ4n) is 3.55. The second-order valence-electron chi connectivity index (χ2n) is 7.90. The summed E-state index contributed by atoms with van der Waals surface area (Å²) in [6.07, 6.45) is 2.58. The zero-order valence-corrected chi connectivity index (χ0v) is 17.7. The molecule has 1 heterocycles. The van der Waals surface area contributed by atoms with Crippen LogP contribution in [0.3, 0.4) is 0 Å². The highest BCUT2D eigenvalue weighted by Crippen LogP contribution is 2.25. The number of nitrogens with zero attached hydrogens (tertiary/aromatic N) is 1. The third-order valence-corrected chi connectivity index (χ3v) is 5.75. The minimum Gasteiger partial charge on any atom is -0.372 e. The molecule has 27 heavy (non-hydrogen) atoms. The van der Waals surface area contributed by atoms with E-state index in [9.17, 15) is 0 Å². The first-order valence-electron chi connectivity index (χ1n) is 9.92. The molecule has 3 rings (SSSR count). The third-order valence-electron chi connectivity index (χ3n) is 5.53. The number of nitrogens with one attached hydrogen (secondary N) is 2. The van der Waals surface area contributed by atoms with E-state index in [4.69, 9.17) is 12.2 Å². The first-order chi connectivity index (χ1) is 12.9. The zero-order chi connectivity index (χ0) is 19.4. The van der Waals surface area contributed by atoms with E-state index in [1.807, 2.05) is 0 Å². The molecule has 0 bridgehead atoms. The van der Waals surface area contributed by atoms with Gasteiger partial charge in [-0.05, 0) is 86.6 Å². The predicted molar refractivity (Wildman–Crippen MR) is 121 cm³/mol. The van der Waals surface area contributed by atoms with E-state index in [2.05, 4.69) is 85.7 Å².